The average Bonchev–Trinajstić information content (AvgIpc) is 2.69. The van der Waals surface area contributed by atoms with Crippen LogP contribution >= 0.6 is 0 Å². The first kappa shape index (κ1) is 21.2. The summed E-state index contributed by atoms with van der Waals surface area (Å²) in [5.41, 5.74) is 0.101. The molecule has 3 N–H and O–H groups in total. The van der Waals surface area contributed by atoms with Crippen LogP contribution in [-0.2, 0) is 22.3 Å². The molecule has 0 radical (unpaired) electrons. The predicted octanol–water partition coefficient (Wildman–Crippen LogP) is 2.18. The van der Waals surface area contributed by atoms with Crippen molar-refractivity contribution in [3.05, 3.63) is 65.2 Å². The summed E-state index contributed by atoms with van der Waals surface area (Å²) in [4.78, 5) is 23.6. The Bertz CT molecular complexity index is 805. The lowest BCUT2D eigenvalue weighted by atomic mass is 10.1. The highest BCUT2D eigenvalue weighted by Crippen LogP contribution is 2.29. The number of aliphatic hydroxyl groups excluding tert-OH is 1. The average molecular weight is 396 g/mol. The second-order valence-corrected chi connectivity index (χ2v) is 5.88. The van der Waals surface area contributed by atoms with Gasteiger partial charge in [-0.2, -0.15) is 13.2 Å². The Balaban J connectivity index is 1.80. The van der Waals surface area contributed by atoms with E-state index in [0.29, 0.717) is 5.75 Å². The lowest BCUT2D eigenvalue weighted by Gasteiger charge is -2.13. The van der Waals surface area contributed by atoms with Crippen molar-refractivity contribution in [3.8, 4) is 5.75 Å². The summed E-state index contributed by atoms with van der Waals surface area (Å²) in [6.45, 7) is -0.197. The largest absolute Gasteiger partial charge is 0.497 e. The van der Waals surface area contributed by atoms with Crippen molar-refractivity contribution in [2.24, 2.45) is 0 Å². The van der Waals surface area contributed by atoms with Gasteiger partial charge in [0.25, 0.3) is 0 Å². The monoisotopic (exact) mass is 396 g/mol. The van der Waals surface area contributed by atoms with Gasteiger partial charge in [-0.25, -0.2) is 0 Å². The minimum Gasteiger partial charge on any atom is -0.497 e. The van der Waals surface area contributed by atoms with Gasteiger partial charge in [0.1, 0.15) is 5.75 Å². The third-order valence-electron chi connectivity index (χ3n) is 3.90. The molecule has 2 amide bonds. The molecule has 0 aromatic heterocycles. The third kappa shape index (κ3) is 5.98. The van der Waals surface area contributed by atoms with Gasteiger partial charge < -0.3 is 20.5 Å². The fraction of sp³-hybridized carbons (Fsp3) is 0.263. The highest BCUT2D eigenvalue weighted by atomic mass is 19.4. The summed E-state index contributed by atoms with van der Waals surface area (Å²) in [5.74, 6) is -1.19. The molecule has 9 heteroatoms. The minimum atomic E-state index is -4.47. The van der Waals surface area contributed by atoms with Crippen molar-refractivity contribution in [1.29, 1.82) is 0 Å². The van der Waals surface area contributed by atoms with Crippen LogP contribution in [0.3, 0.4) is 0 Å². The first-order chi connectivity index (χ1) is 13.2. The molecular weight excluding hydrogens is 377 g/mol. The van der Waals surface area contributed by atoms with Crippen LogP contribution in [0.2, 0.25) is 0 Å². The van der Waals surface area contributed by atoms with Crippen LogP contribution in [0.1, 0.15) is 22.8 Å². The fourth-order valence-corrected chi connectivity index (χ4v) is 2.29. The van der Waals surface area contributed by atoms with E-state index in [1.165, 1.54) is 7.11 Å². The van der Waals surface area contributed by atoms with Crippen molar-refractivity contribution < 1.29 is 32.6 Å². The highest BCUT2D eigenvalue weighted by molar-refractivity contribution is 6.35. The second-order valence-electron chi connectivity index (χ2n) is 5.88. The molecule has 0 heterocycles. The van der Waals surface area contributed by atoms with E-state index in [0.717, 1.165) is 29.8 Å². The van der Waals surface area contributed by atoms with E-state index < -0.39 is 29.7 Å². The molecular formula is C19H19F3N2O4. The van der Waals surface area contributed by atoms with Crippen LogP contribution in [0.5, 0.6) is 5.75 Å². The van der Waals surface area contributed by atoms with E-state index in [4.69, 9.17) is 4.74 Å². The summed E-state index contributed by atoms with van der Waals surface area (Å²) in [6.07, 6.45) is -5.72. The molecule has 0 spiro atoms. The Labute approximate surface area is 159 Å². The zero-order valence-electron chi connectivity index (χ0n) is 14.9. The number of amides is 2. The molecule has 0 saturated carbocycles. The van der Waals surface area contributed by atoms with Gasteiger partial charge in [-0.15, -0.1) is 0 Å². The van der Waals surface area contributed by atoms with Gasteiger partial charge in [0.2, 0.25) is 0 Å². The summed E-state index contributed by atoms with van der Waals surface area (Å²) < 4.78 is 42.6. The SMILES string of the molecule is COc1ccc(CNC(=O)C(=O)NCC(O)c2ccc(C(F)(F)F)cc2)cc1. The van der Waals surface area contributed by atoms with Crippen molar-refractivity contribution in [1.82, 2.24) is 10.6 Å². The molecule has 0 aliphatic rings. The minimum absolute atomic E-state index is 0.123. The Hall–Kier alpha value is -3.07. The van der Waals surface area contributed by atoms with Crippen LogP contribution in [-0.4, -0.2) is 30.6 Å². The third-order valence-corrected chi connectivity index (χ3v) is 3.90. The lowest BCUT2D eigenvalue weighted by molar-refractivity contribution is -0.139. The van der Waals surface area contributed by atoms with E-state index in [2.05, 4.69) is 10.6 Å². The molecule has 150 valence electrons. The number of carbonyl (C=O) groups is 2. The van der Waals surface area contributed by atoms with Crippen LogP contribution < -0.4 is 15.4 Å². The van der Waals surface area contributed by atoms with Gasteiger partial charge in [0, 0.05) is 13.1 Å². The number of carbonyl (C=O) groups excluding carboxylic acids is 2. The number of nitrogens with one attached hydrogen (secondary N) is 2. The smallest absolute Gasteiger partial charge is 0.416 e. The lowest BCUT2D eigenvalue weighted by Crippen LogP contribution is -2.41. The molecule has 0 bridgehead atoms. The van der Waals surface area contributed by atoms with Gasteiger partial charge in [0.05, 0.1) is 18.8 Å². The number of halogens is 3. The molecule has 2 rings (SSSR count). The number of benzene rings is 2. The quantitative estimate of drug-likeness (QED) is 0.654. The zero-order chi connectivity index (χ0) is 20.7. The van der Waals surface area contributed by atoms with E-state index in [1.54, 1.807) is 24.3 Å². The Morgan fingerprint density at radius 1 is 1.00 bits per heavy atom. The molecule has 28 heavy (non-hydrogen) atoms. The van der Waals surface area contributed by atoms with Crippen molar-refractivity contribution in [3.63, 3.8) is 0 Å². The zero-order valence-corrected chi connectivity index (χ0v) is 14.9. The number of methoxy groups -OCH3 is 1. The number of rotatable bonds is 6. The standard InChI is InChI=1S/C19H19F3N2O4/c1-28-15-8-2-12(3-9-15)10-23-17(26)18(27)24-11-16(25)13-4-6-14(7-5-13)19(20,21)22/h2-9,16,25H,10-11H2,1H3,(H,23,26)(H,24,27). The molecule has 0 aliphatic carbocycles. The highest BCUT2D eigenvalue weighted by Gasteiger charge is 2.30. The van der Waals surface area contributed by atoms with Gasteiger partial charge in [-0.3, -0.25) is 9.59 Å². The molecule has 2 aromatic carbocycles. The number of alkyl halides is 3. The molecule has 2 aromatic rings. The summed E-state index contributed by atoms with van der Waals surface area (Å²) in [7, 11) is 1.53. The Morgan fingerprint density at radius 2 is 1.57 bits per heavy atom. The van der Waals surface area contributed by atoms with Crippen molar-refractivity contribution >= 4 is 11.8 Å². The molecule has 0 saturated heterocycles. The fourth-order valence-electron chi connectivity index (χ4n) is 2.29. The maximum Gasteiger partial charge on any atom is 0.416 e. The number of hydrogen-bond donors (Lipinski definition) is 3. The van der Waals surface area contributed by atoms with Gasteiger partial charge in [-0.05, 0) is 35.4 Å². The van der Waals surface area contributed by atoms with Crippen LogP contribution in [0.4, 0.5) is 13.2 Å². The first-order valence-electron chi connectivity index (χ1n) is 8.25. The molecule has 1 atom stereocenters. The predicted molar refractivity (Wildman–Crippen MR) is 94.3 cm³/mol. The topological polar surface area (TPSA) is 87.7 Å². The maximum atomic E-state index is 12.5. The van der Waals surface area contributed by atoms with Gasteiger partial charge in [0.15, 0.2) is 0 Å². The Morgan fingerprint density at radius 3 is 2.11 bits per heavy atom. The van der Waals surface area contributed by atoms with Crippen LogP contribution in [0.15, 0.2) is 48.5 Å². The maximum absolute atomic E-state index is 12.5. The number of ether oxygens (including phenoxy) is 1. The van der Waals surface area contributed by atoms with E-state index in [-0.39, 0.29) is 18.7 Å². The van der Waals surface area contributed by atoms with Crippen LogP contribution in [0, 0.1) is 0 Å². The van der Waals surface area contributed by atoms with Crippen molar-refractivity contribution in [2.45, 2.75) is 18.8 Å². The summed E-state index contributed by atoms with van der Waals surface area (Å²) >= 11 is 0. The van der Waals surface area contributed by atoms with Gasteiger partial charge >= 0.3 is 18.0 Å². The number of hydrogen-bond acceptors (Lipinski definition) is 4. The van der Waals surface area contributed by atoms with E-state index >= 15 is 0 Å². The summed E-state index contributed by atoms with van der Waals surface area (Å²) in [6, 6.07) is 10.8. The number of aliphatic hydroxyl groups is 1. The van der Waals surface area contributed by atoms with E-state index in [9.17, 15) is 27.9 Å². The second kappa shape index (κ2) is 9.23. The normalized spacial score (nSPS) is 12.2. The van der Waals surface area contributed by atoms with E-state index in [1.807, 2.05) is 0 Å². The molecule has 0 aliphatic heterocycles. The van der Waals surface area contributed by atoms with Gasteiger partial charge in [-0.1, -0.05) is 24.3 Å². The molecule has 0 fully saturated rings. The Kier molecular flexibility index (Phi) is 7.00. The summed E-state index contributed by atoms with van der Waals surface area (Å²) in [5, 5.41) is 14.6. The molecule has 1 unspecified atom stereocenters. The van der Waals surface area contributed by atoms with Crippen molar-refractivity contribution in [2.75, 3.05) is 13.7 Å². The molecule has 6 nitrogen and oxygen atoms in total. The van der Waals surface area contributed by atoms with Crippen LogP contribution in [0.25, 0.3) is 0 Å². The first-order valence-corrected chi connectivity index (χ1v) is 8.25.